The van der Waals surface area contributed by atoms with Gasteiger partial charge in [-0.15, -0.1) is 0 Å². The van der Waals surface area contributed by atoms with Crippen LogP contribution in [0.15, 0.2) is 18.2 Å². The lowest BCUT2D eigenvalue weighted by molar-refractivity contribution is 0.264. The molecule has 3 nitrogen and oxygen atoms in total. The normalized spacial score (nSPS) is 16.2. The highest BCUT2D eigenvalue weighted by Gasteiger charge is 2.17. The number of nitrogens with zero attached hydrogens (tertiary/aromatic N) is 1. The Bertz CT molecular complexity index is 407. The van der Waals surface area contributed by atoms with Crippen molar-refractivity contribution in [3.8, 4) is 0 Å². The fraction of sp³-hybridized carbons (Fsp3) is 0.588. The number of aryl methyl sites for hydroxylation is 1. The van der Waals surface area contributed by atoms with Crippen LogP contribution in [0.25, 0.3) is 0 Å². The van der Waals surface area contributed by atoms with Gasteiger partial charge in [-0.2, -0.15) is 0 Å². The van der Waals surface area contributed by atoms with Gasteiger partial charge in [-0.25, -0.2) is 0 Å². The summed E-state index contributed by atoms with van der Waals surface area (Å²) in [5.41, 5.74) is 3.45. The van der Waals surface area contributed by atoms with E-state index >= 15 is 0 Å². The molecule has 1 aromatic carbocycles. The van der Waals surface area contributed by atoms with E-state index in [4.69, 9.17) is 5.41 Å². The van der Waals surface area contributed by atoms with Crippen LogP contribution in [0.5, 0.6) is 0 Å². The Morgan fingerprint density at radius 2 is 1.95 bits per heavy atom. The molecular weight excluding hydrogens is 246 g/mol. The molecule has 1 aliphatic heterocycles. The highest BCUT2D eigenvalue weighted by molar-refractivity contribution is 5.86. The maximum absolute atomic E-state index is 7.49. The summed E-state index contributed by atoms with van der Waals surface area (Å²) in [5, 5.41) is 11.1. The highest BCUT2D eigenvalue weighted by Crippen LogP contribution is 2.21. The maximum atomic E-state index is 7.49. The molecule has 0 aromatic heterocycles. The maximum Gasteiger partial charge on any atom is 0.0434 e. The summed E-state index contributed by atoms with van der Waals surface area (Å²) >= 11 is 0. The van der Waals surface area contributed by atoms with Crippen LogP contribution in [0.3, 0.4) is 0 Å². The summed E-state index contributed by atoms with van der Waals surface area (Å²) in [6.45, 7) is 8.48. The van der Waals surface area contributed by atoms with E-state index in [1.807, 2.05) is 19.9 Å². The zero-order valence-electron chi connectivity index (χ0n) is 13.4. The van der Waals surface area contributed by atoms with E-state index in [1.165, 1.54) is 24.6 Å². The van der Waals surface area contributed by atoms with Gasteiger partial charge in [0.15, 0.2) is 0 Å². The SMILES string of the molecule is CC.CCc1ccc(C=N)c(NC2CCN(C)CC2)c1. The largest absolute Gasteiger partial charge is 0.382 e. The number of nitrogens with one attached hydrogen (secondary N) is 2. The van der Waals surface area contributed by atoms with Crippen molar-refractivity contribution in [3.05, 3.63) is 29.3 Å². The summed E-state index contributed by atoms with van der Waals surface area (Å²) in [6.07, 6.45) is 4.85. The van der Waals surface area contributed by atoms with Crippen molar-refractivity contribution in [1.29, 1.82) is 5.41 Å². The summed E-state index contributed by atoms with van der Waals surface area (Å²) in [5.74, 6) is 0. The van der Waals surface area contributed by atoms with Gasteiger partial charge in [0.2, 0.25) is 0 Å². The van der Waals surface area contributed by atoms with Crippen molar-refractivity contribution in [2.24, 2.45) is 0 Å². The molecule has 20 heavy (non-hydrogen) atoms. The number of likely N-dealkylation sites (tertiary alicyclic amines) is 1. The lowest BCUT2D eigenvalue weighted by atomic mass is 10.0. The zero-order valence-corrected chi connectivity index (χ0v) is 13.4. The Morgan fingerprint density at radius 1 is 1.30 bits per heavy atom. The number of anilines is 1. The van der Waals surface area contributed by atoms with Crippen LogP contribution in [0.2, 0.25) is 0 Å². The number of piperidine rings is 1. The average Bonchev–Trinajstić information content (AvgIpc) is 2.51. The van der Waals surface area contributed by atoms with Crippen molar-refractivity contribution in [2.45, 2.75) is 46.1 Å². The first-order chi connectivity index (χ1) is 9.72. The van der Waals surface area contributed by atoms with Crippen LogP contribution in [0.4, 0.5) is 5.69 Å². The Labute approximate surface area is 123 Å². The summed E-state index contributed by atoms with van der Waals surface area (Å²) in [6, 6.07) is 6.90. The molecular formula is C17H29N3. The molecule has 1 aromatic rings. The van der Waals surface area contributed by atoms with Crippen molar-refractivity contribution in [1.82, 2.24) is 4.90 Å². The smallest absolute Gasteiger partial charge is 0.0434 e. The molecule has 1 aliphatic rings. The van der Waals surface area contributed by atoms with Crippen molar-refractivity contribution in [2.75, 3.05) is 25.5 Å². The van der Waals surface area contributed by atoms with Crippen molar-refractivity contribution >= 4 is 11.9 Å². The summed E-state index contributed by atoms with van der Waals surface area (Å²) in [7, 11) is 2.18. The van der Waals surface area contributed by atoms with Gasteiger partial charge in [0, 0.05) is 23.5 Å². The van der Waals surface area contributed by atoms with Gasteiger partial charge in [-0.3, -0.25) is 0 Å². The van der Waals surface area contributed by atoms with Crippen LogP contribution in [-0.4, -0.2) is 37.3 Å². The molecule has 0 saturated carbocycles. The average molecular weight is 275 g/mol. The fourth-order valence-electron chi connectivity index (χ4n) is 2.45. The summed E-state index contributed by atoms with van der Waals surface area (Å²) < 4.78 is 0. The third-order valence-electron chi connectivity index (χ3n) is 3.76. The first-order valence-corrected chi connectivity index (χ1v) is 7.81. The molecule has 3 heteroatoms. The van der Waals surface area contributed by atoms with E-state index in [2.05, 4.69) is 36.3 Å². The second kappa shape index (κ2) is 8.75. The van der Waals surface area contributed by atoms with Gasteiger partial charge >= 0.3 is 0 Å². The standard InChI is InChI=1S/C15H23N3.C2H6/c1-3-12-4-5-13(11-16)15(10-12)17-14-6-8-18(2)9-7-14;1-2/h4-5,10-11,14,16-17H,3,6-9H2,1-2H3;1-2H3. The van der Waals surface area contributed by atoms with Crippen LogP contribution in [0, 0.1) is 5.41 Å². The molecule has 0 atom stereocenters. The van der Waals surface area contributed by atoms with E-state index in [9.17, 15) is 0 Å². The van der Waals surface area contributed by atoms with E-state index in [-0.39, 0.29) is 0 Å². The van der Waals surface area contributed by atoms with Crippen LogP contribution in [-0.2, 0) is 6.42 Å². The van der Waals surface area contributed by atoms with Gasteiger partial charge in [-0.1, -0.05) is 32.9 Å². The molecule has 2 rings (SSSR count). The molecule has 0 aliphatic carbocycles. The number of benzene rings is 1. The Kier molecular flexibility index (Phi) is 7.31. The van der Waals surface area contributed by atoms with E-state index in [0.29, 0.717) is 6.04 Å². The second-order valence-corrected chi connectivity index (χ2v) is 5.14. The molecule has 0 spiro atoms. The molecule has 0 unspecified atom stereocenters. The first-order valence-electron chi connectivity index (χ1n) is 7.81. The molecule has 2 N–H and O–H groups in total. The first kappa shape index (κ1) is 16.7. The molecule has 112 valence electrons. The third-order valence-corrected chi connectivity index (χ3v) is 3.76. The molecule has 1 heterocycles. The van der Waals surface area contributed by atoms with E-state index in [1.54, 1.807) is 0 Å². The molecule has 1 fully saturated rings. The lowest BCUT2D eigenvalue weighted by Crippen LogP contribution is -2.36. The van der Waals surface area contributed by atoms with E-state index in [0.717, 1.165) is 30.8 Å². The summed E-state index contributed by atoms with van der Waals surface area (Å²) in [4.78, 5) is 2.37. The number of hydrogen-bond acceptors (Lipinski definition) is 3. The molecule has 1 saturated heterocycles. The predicted molar refractivity (Wildman–Crippen MR) is 89.2 cm³/mol. The van der Waals surface area contributed by atoms with E-state index < -0.39 is 0 Å². The van der Waals surface area contributed by atoms with Crippen LogP contribution < -0.4 is 5.32 Å². The van der Waals surface area contributed by atoms with Gasteiger partial charge in [-0.05, 0) is 51.0 Å². The Hall–Kier alpha value is -1.35. The highest BCUT2D eigenvalue weighted by atomic mass is 15.1. The van der Waals surface area contributed by atoms with Crippen LogP contribution in [0.1, 0.15) is 44.7 Å². The molecule has 0 radical (unpaired) electrons. The third kappa shape index (κ3) is 4.64. The van der Waals surface area contributed by atoms with Crippen molar-refractivity contribution in [3.63, 3.8) is 0 Å². The fourth-order valence-corrected chi connectivity index (χ4v) is 2.45. The topological polar surface area (TPSA) is 39.1 Å². The monoisotopic (exact) mass is 275 g/mol. The van der Waals surface area contributed by atoms with Crippen molar-refractivity contribution < 1.29 is 0 Å². The molecule has 0 amide bonds. The molecule has 0 bridgehead atoms. The minimum absolute atomic E-state index is 0.548. The Morgan fingerprint density at radius 3 is 2.50 bits per heavy atom. The Balaban J connectivity index is 0.000000956. The van der Waals surface area contributed by atoms with Gasteiger partial charge in [0.05, 0.1) is 0 Å². The van der Waals surface area contributed by atoms with Gasteiger partial charge in [0.25, 0.3) is 0 Å². The zero-order chi connectivity index (χ0) is 15.0. The quantitative estimate of drug-likeness (QED) is 0.821. The number of hydrogen-bond donors (Lipinski definition) is 2. The second-order valence-electron chi connectivity index (χ2n) is 5.14. The predicted octanol–water partition coefficient (Wildman–Crippen LogP) is 3.78. The van der Waals surface area contributed by atoms with Gasteiger partial charge < -0.3 is 15.6 Å². The minimum Gasteiger partial charge on any atom is -0.382 e. The minimum atomic E-state index is 0.548. The van der Waals surface area contributed by atoms with Crippen LogP contribution >= 0.6 is 0 Å². The lowest BCUT2D eigenvalue weighted by Gasteiger charge is -2.30. The number of rotatable bonds is 4. The van der Waals surface area contributed by atoms with Gasteiger partial charge in [0.1, 0.15) is 0 Å².